The highest BCUT2D eigenvalue weighted by Crippen LogP contribution is 2.20. The number of hydrogen-bond acceptors (Lipinski definition) is 2. The van der Waals surface area contributed by atoms with Gasteiger partial charge >= 0.3 is 0 Å². The molecule has 0 bridgehead atoms. The molecule has 0 aromatic heterocycles. The summed E-state index contributed by atoms with van der Waals surface area (Å²) in [6.07, 6.45) is 2.01. The normalized spacial score (nSPS) is 14.7. The lowest BCUT2D eigenvalue weighted by Gasteiger charge is -2.15. The maximum Gasteiger partial charge on any atom is 0.0546 e. The Bertz CT molecular complexity index is 302. The number of para-hydroxylation sites is 1. The monoisotopic (exact) mass is 146 g/mol. The van der Waals surface area contributed by atoms with Crippen molar-refractivity contribution >= 4 is 11.8 Å². The van der Waals surface area contributed by atoms with Gasteiger partial charge in [-0.25, -0.2) is 0 Å². The zero-order valence-electron chi connectivity index (χ0n) is 6.17. The van der Waals surface area contributed by atoms with Gasteiger partial charge in [0.25, 0.3) is 0 Å². The van der Waals surface area contributed by atoms with E-state index in [1.54, 1.807) is 0 Å². The van der Waals surface area contributed by atoms with Crippen LogP contribution in [0, 0.1) is 0 Å². The van der Waals surface area contributed by atoms with E-state index in [0.717, 1.165) is 12.2 Å². The van der Waals surface area contributed by atoms with Gasteiger partial charge in [-0.05, 0) is 17.7 Å². The van der Waals surface area contributed by atoms with Gasteiger partial charge in [0.15, 0.2) is 0 Å². The molecule has 2 heteroatoms. The van der Waals surface area contributed by atoms with Crippen molar-refractivity contribution in [1.29, 1.82) is 0 Å². The molecule has 11 heavy (non-hydrogen) atoms. The zero-order valence-corrected chi connectivity index (χ0v) is 6.17. The molecule has 1 aromatic carbocycles. The van der Waals surface area contributed by atoms with E-state index in [-0.39, 0.29) is 0 Å². The third-order valence-electron chi connectivity index (χ3n) is 1.78. The van der Waals surface area contributed by atoms with Crippen molar-refractivity contribution in [2.75, 3.05) is 11.9 Å². The van der Waals surface area contributed by atoms with Gasteiger partial charge in [-0.1, -0.05) is 18.2 Å². The molecule has 1 heterocycles. The molecular weight excluding hydrogens is 136 g/mol. The lowest BCUT2D eigenvalue weighted by Crippen LogP contribution is -2.15. The van der Waals surface area contributed by atoms with Crippen LogP contribution in [0.4, 0.5) is 5.69 Å². The lowest BCUT2D eigenvalue weighted by molar-refractivity contribution is 1.16. The van der Waals surface area contributed by atoms with Gasteiger partial charge in [0.2, 0.25) is 0 Å². The van der Waals surface area contributed by atoms with Gasteiger partial charge in [0.1, 0.15) is 0 Å². The maximum atomic E-state index is 5.65. The van der Waals surface area contributed by atoms with E-state index in [9.17, 15) is 0 Å². The number of benzene rings is 1. The minimum atomic E-state index is 0.761. The van der Waals surface area contributed by atoms with Crippen LogP contribution in [0.3, 0.4) is 0 Å². The van der Waals surface area contributed by atoms with E-state index >= 15 is 0 Å². The second-order valence-electron chi connectivity index (χ2n) is 2.66. The summed E-state index contributed by atoms with van der Waals surface area (Å²) in [6, 6.07) is 8.13. The van der Waals surface area contributed by atoms with Gasteiger partial charge < -0.3 is 11.1 Å². The van der Waals surface area contributed by atoms with Crippen molar-refractivity contribution in [3.8, 4) is 0 Å². The Morgan fingerprint density at radius 3 is 3.00 bits per heavy atom. The molecule has 0 aliphatic carbocycles. The maximum absolute atomic E-state index is 5.65. The molecule has 2 nitrogen and oxygen atoms in total. The first-order chi connectivity index (χ1) is 5.36. The average Bonchev–Trinajstić information content (AvgIpc) is 2.04. The van der Waals surface area contributed by atoms with Crippen LogP contribution >= 0.6 is 0 Å². The fraction of sp³-hybridized carbons (Fsp3) is 0.111. The summed E-state index contributed by atoms with van der Waals surface area (Å²) in [5.41, 5.74) is 8.89. The molecule has 56 valence electrons. The number of rotatable bonds is 0. The molecule has 2 rings (SSSR count). The molecule has 0 unspecified atom stereocenters. The largest absolute Gasteiger partial charge is 0.401 e. The quantitative estimate of drug-likeness (QED) is 0.580. The first kappa shape index (κ1) is 6.28. The number of nitrogens with one attached hydrogen (secondary N) is 1. The van der Waals surface area contributed by atoms with Crippen molar-refractivity contribution < 1.29 is 0 Å². The van der Waals surface area contributed by atoms with Crippen LogP contribution in [0.1, 0.15) is 5.56 Å². The molecule has 0 saturated heterocycles. The van der Waals surface area contributed by atoms with Crippen LogP contribution in [0.5, 0.6) is 0 Å². The molecule has 0 fully saturated rings. The minimum Gasteiger partial charge on any atom is -0.401 e. The number of nitrogens with two attached hydrogens (primary N) is 1. The SMILES string of the molecule is NC1=Cc2ccccc2NC1. The Kier molecular flexibility index (Phi) is 1.32. The van der Waals surface area contributed by atoms with Crippen LogP contribution < -0.4 is 11.1 Å². The highest BCUT2D eigenvalue weighted by Gasteiger charge is 2.04. The predicted octanol–water partition coefficient (Wildman–Crippen LogP) is 1.41. The summed E-state index contributed by atoms with van der Waals surface area (Å²) < 4.78 is 0. The van der Waals surface area contributed by atoms with Crippen LogP contribution in [-0.2, 0) is 0 Å². The van der Waals surface area contributed by atoms with Crippen molar-refractivity contribution in [3.63, 3.8) is 0 Å². The third-order valence-corrected chi connectivity index (χ3v) is 1.78. The topological polar surface area (TPSA) is 38.0 Å². The highest BCUT2D eigenvalue weighted by atomic mass is 14.9. The zero-order chi connectivity index (χ0) is 7.68. The first-order valence-corrected chi connectivity index (χ1v) is 3.65. The average molecular weight is 146 g/mol. The molecule has 1 aromatic rings. The molecule has 0 spiro atoms. The summed E-state index contributed by atoms with van der Waals surface area (Å²) in [6.45, 7) is 0.761. The summed E-state index contributed by atoms with van der Waals surface area (Å²) in [5, 5.41) is 3.22. The van der Waals surface area contributed by atoms with E-state index in [2.05, 4.69) is 11.4 Å². The Balaban J connectivity index is 2.51. The summed E-state index contributed by atoms with van der Waals surface area (Å²) in [7, 11) is 0. The standard InChI is InChI=1S/C9H10N2/c10-8-5-7-3-1-2-4-9(7)11-6-8/h1-5,11H,6,10H2. The molecule has 0 amide bonds. The molecule has 0 radical (unpaired) electrons. The van der Waals surface area contributed by atoms with Crippen molar-refractivity contribution in [3.05, 3.63) is 35.5 Å². The highest BCUT2D eigenvalue weighted by molar-refractivity contribution is 5.71. The van der Waals surface area contributed by atoms with Crippen LogP contribution in [0.15, 0.2) is 30.0 Å². The molecule has 1 aliphatic rings. The second kappa shape index (κ2) is 2.31. The number of anilines is 1. The fourth-order valence-electron chi connectivity index (χ4n) is 1.23. The lowest BCUT2D eigenvalue weighted by atomic mass is 10.1. The smallest absolute Gasteiger partial charge is 0.0546 e. The second-order valence-corrected chi connectivity index (χ2v) is 2.66. The first-order valence-electron chi connectivity index (χ1n) is 3.65. The third kappa shape index (κ3) is 1.07. The van der Waals surface area contributed by atoms with E-state index in [1.165, 1.54) is 11.3 Å². The van der Waals surface area contributed by atoms with Crippen molar-refractivity contribution in [2.45, 2.75) is 0 Å². The number of fused-ring (bicyclic) bond motifs is 1. The Labute approximate surface area is 65.7 Å². The summed E-state index contributed by atoms with van der Waals surface area (Å²) in [4.78, 5) is 0. The minimum absolute atomic E-state index is 0.761. The van der Waals surface area contributed by atoms with Crippen molar-refractivity contribution in [2.24, 2.45) is 5.73 Å². The molecule has 0 atom stereocenters. The van der Waals surface area contributed by atoms with Crippen LogP contribution in [-0.4, -0.2) is 6.54 Å². The van der Waals surface area contributed by atoms with E-state index in [1.807, 2.05) is 24.3 Å². The predicted molar refractivity (Wildman–Crippen MR) is 47.1 cm³/mol. The Morgan fingerprint density at radius 2 is 2.09 bits per heavy atom. The van der Waals surface area contributed by atoms with Gasteiger partial charge in [0, 0.05) is 11.4 Å². The number of hydrogen-bond donors (Lipinski definition) is 2. The van der Waals surface area contributed by atoms with E-state index < -0.39 is 0 Å². The molecular formula is C9H10N2. The van der Waals surface area contributed by atoms with E-state index in [0.29, 0.717) is 0 Å². The molecule has 1 aliphatic heterocycles. The Hall–Kier alpha value is -1.44. The van der Waals surface area contributed by atoms with Crippen LogP contribution in [0.25, 0.3) is 6.08 Å². The molecule has 3 N–H and O–H groups in total. The van der Waals surface area contributed by atoms with Crippen molar-refractivity contribution in [1.82, 2.24) is 0 Å². The van der Waals surface area contributed by atoms with Gasteiger partial charge in [0.05, 0.1) is 6.54 Å². The fourth-order valence-corrected chi connectivity index (χ4v) is 1.23. The Morgan fingerprint density at radius 1 is 1.27 bits per heavy atom. The van der Waals surface area contributed by atoms with Crippen LogP contribution in [0.2, 0.25) is 0 Å². The van der Waals surface area contributed by atoms with E-state index in [4.69, 9.17) is 5.73 Å². The van der Waals surface area contributed by atoms with Gasteiger partial charge in [-0.15, -0.1) is 0 Å². The molecule has 0 saturated carbocycles. The summed E-state index contributed by atoms with van der Waals surface area (Å²) >= 11 is 0. The van der Waals surface area contributed by atoms with Gasteiger partial charge in [-0.2, -0.15) is 0 Å². The van der Waals surface area contributed by atoms with Gasteiger partial charge in [-0.3, -0.25) is 0 Å². The summed E-state index contributed by atoms with van der Waals surface area (Å²) in [5.74, 6) is 0.